The van der Waals surface area contributed by atoms with Crippen molar-refractivity contribution >= 4 is 5.91 Å². The smallest absolute Gasteiger partial charge is 0.217 e. The second-order valence-corrected chi connectivity index (χ2v) is 4.59. The van der Waals surface area contributed by atoms with Crippen LogP contribution in [0.1, 0.15) is 23.1 Å². The molecule has 2 N–H and O–H groups in total. The molecule has 0 aliphatic rings. The molecule has 2 nitrogen and oxygen atoms in total. The summed E-state index contributed by atoms with van der Waals surface area (Å²) in [5.41, 5.74) is 8.26. The van der Waals surface area contributed by atoms with Crippen molar-refractivity contribution in [3.8, 4) is 0 Å². The summed E-state index contributed by atoms with van der Waals surface area (Å²) >= 11 is 0. The van der Waals surface area contributed by atoms with Crippen LogP contribution in [0.2, 0.25) is 0 Å². The first-order chi connectivity index (χ1) is 9.13. The lowest BCUT2D eigenvalue weighted by molar-refractivity contribution is -0.117. The molecule has 0 radical (unpaired) electrons. The number of rotatable bonds is 5. The quantitative estimate of drug-likeness (QED) is 0.879. The number of nitrogens with two attached hydrogens (primary N) is 1. The third-order valence-corrected chi connectivity index (χ3v) is 2.95. The van der Waals surface area contributed by atoms with Gasteiger partial charge in [0, 0.05) is 6.42 Å². The Morgan fingerprint density at radius 1 is 1.00 bits per heavy atom. The molecule has 1 amide bonds. The summed E-state index contributed by atoms with van der Waals surface area (Å²) in [7, 11) is 0. The van der Waals surface area contributed by atoms with Crippen molar-refractivity contribution in [2.75, 3.05) is 0 Å². The lowest BCUT2D eigenvalue weighted by Crippen LogP contribution is -2.11. The van der Waals surface area contributed by atoms with Crippen LogP contribution in [0.15, 0.2) is 48.5 Å². The van der Waals surface area contributed by atoms with Crippen molar-refractivity contribution in [3.05, 3.63) is 71.0 Å². The molecule has 0 spiro atoms. The number of carbonyl (C=O) groups is 1. The van der Waals surface area contributed by atoms with Gasteiger partial charge in [-0.1, -0.05) is 36.4 Å². The standard InChI is InChI=1S/C16H16FNO/c17-15-6-2-5-14(11-15)10-13-4-1-3-12(9-13)7-8-16(18)19/h1-6,9,11H,7-8,10H2,(H2,18,19). The van der Waals surface area contributed by atoms with Gasteiger partial charge in [-0.3, -0.25) is 4.79 Å². The summed E-state index contributed by atoms with van der Waals surface area (Å²) in [5.74, 6) is -0.516. The molecule has 0 atom stereocenters. The normalized spacial score (nSPS) is 10.4. The molecule has 3 heteroatoms. The highest BCUT2D eigenvalue weighted by atomic mass is 19.1. The topological polar surface area (TPSA) is 43.1 Å². The molecule has 0 unspecified atom stereocenters. The zero-order chi connectivity index (χ0) is 13.7. The summed E-state index contributed by atoms with van der Waals surface area (Å²) in [6, 6.07) is 14.5. The van der Waals surface area contributed by atoms with Crippen LogP contribution in [-0.4, -0.2) is 5.91 Å². The van der Waals surface area contributed by atoms with Crippen molar-refractivity contribution in [1.29, 1.82) is 0 Å². The molecule has 0 fully saturated rings. The number of aryl methyl sites for hydroxylation is 1. The van der Waals surface area contributed by atoms with Gasteiger partial charge in [0.15, 0.2) is 0 Å². The minimum Gasteiger partial charge on any atom is -0.370 e. The maximum atomic E-state index is 13.1. The highest BCUT2D eigenvalue weighted by molar-refractivity contribution is 5.74. The van der Waals surface area contributed by atoms with Crippen molar-refractivity contribution in [1.82, 2.24) is 0 Å². The summed E-state index contributed by atoms with van der Waals surface area (Å²) in [4.78, 5) is 10.8. The number of carbonyl (C=O) groups excluding carboxylic acids is 1. The Hall–Kier alpha value is -2.16. The van der Waals surface area contributed by atoms with E-state index in [4.69, 9.17) is 5.73 Å². The molecule has 2 aromatic rings. The van der Waals surface area contributed by atoms with Crippen LogP contribution in [0.25, 0.3) is 0 Å². The van der Waals surface area contributed by atoms with Crippen LogP contribution in [-0.2, 0) is 17.6 Å². The van der Waals surface area contributed by atoms with Gasteiger partial charge in [0.2, 0.25) is 5.91 Å². The average molecular weight is 257 g/mol. The number of primary amides is 1. The highest BCUT2D eigenvalue weighted by Gasteiger charge is 2.01. The first kappa shape index (κ1) is 13.3. The molecule has 0 saturated heterocycles. The monoisotopic (exact) mass is 257 g/mol. The van der Waals surface area contributed by atoms with Gasteiger partial charge in [-0.25, -0.2) is 4.39 Å². The number of halogens is 1. The van der Waals surface area contributed by atoms with E-state index in [0.29, 0.717) is 19.3 Å². The van der Waals surface area contributed by atoms with Gasteiger partial charge < -0.3 is 5.73 Å². The van der Waals surface area contributed by atoms with E-state index >= 15 is 0 Å². The third kappa shape index (κ3) is 4.21. The second-order valence-electron chi connectivity index (χ2n) is 4.59. The SMILES string of the molecule is NC(=O)CCc1cccc(Cc2cccc(F)c2)c1. The fourth-order valence-corrected chi connectivity index (χ4v) is 2.05. The van der Waals surface area contributed by atoms with Gasteiger partial charge in [-0.2, -0.15) is 0 Å². The summed E-state index contributed by atoms with van der Waals surface area (Å²) in [5, 5.41) is 0. The van der Waals surface area contributed by atoms with Crippen molar-refractivity contribution < 1.29 is 9.18 Å². The molecular weight excluding hydrogens is 241 g/mol. The summed E-state index contributed by atoms with van der Waals surface area (Å²) in [6.45, 7) is 0. The van der Waals surface area contributed by atoms with E-state index in [1.807, 2.05) is 30.3 Å². The Labute approximate surface area is 112 Å². The number of amides is 1. The van der Waals surface area contributed by atoms with Gasteiger partial charge in [-0.15, -0.1) is 0 Å². The fourth-order valence-electron chi connectivity index (χ4n) is 2.05. The van der Waals surface area contributed by atoms with Crippen LogP contribution in [0, 0.1) is 5.82 Å². The first-order valence-electron chi connectivity index (χ1n) is 6.24. The van der Waals surface area contributed by atoms with E-state index in [1.165, 1.54) is 12.1 Å². The molecule has 19 heavy (non-hydrogen) atoms. The Morgan fingerprint density at radius 3 is 2.32 bits per heavy atom. The average Bonchev–Trinajstić information content (AvgIpc) is 2.37. The molecule has 0 aliphatic carbocycles. The third-order valence-electron chi connectivity index (χ3n) is 2.95. The van der Waals surface area contributed by atoms with Crippen LogP contribution < -0.4 is 5.73 Å². The molecule has 2 aromatic carbocycles. The Balaban J connectivity index is 2.08. The van der Waals surface area contributed by atoms with E-state index in [-0.39, 0.29) is 11.7 Å². The van der Waals surface area contributed by atoms with E-state index < -0.39 is 0 Å². The largest absolute Gasteiger partial charge is 0.370 e. The zero-order valence-electron chi connectivity index (χ0n) is 10.6. The number of benzene rings is 2. The van der Waals surface area contributed by atoms with Gasteiger partial charge in [0.25, 0.3) is 0 Å². The van der Waals surface area contributed by atoms with Crippen LogP contribution >= 0.6 is 0 Å². The lowest BCUT2D eigenvalue weighted by Gasteiger charge is -2.05. The molecule has 98 valence electrons. The molecule has 0 aliphatic heterocycles. The summed E-state index contributed by atoms with van der Waals surface area (Å²) < 4.78 is 13.1. The molecule has 2 rings (SSSR count). The number of hydrogen-bond acceptors (Lipinski definition) is 1. The van der Waals surface area contributed by atoms with E-state index in [0.717, 1.165) is 16.7 Å². The van der Waals surface area contributed by atoms with Crippen molar-refractivity contribution in [2.24, 2.45) is 5.73 Å². The van der Waals surface area contributed by atoms with Crippen LogP contribution in [0.3, 0.4) is 0 Å². The molecule has 0 heterocycles. The minimum atomic E-state index is -0.296. The maximum Gasteiger partial charge on any atom is 0.217 e. The zero-order valence-corrected chi connectivity index (χ0v) is 10.6. The Bertz CT molecular complexity index is 580. The van der Waals surface area contributed by atoms with Crippen molar-refractivity contribution in [2.45, 2.75) is 19.3 Å². The predicted octanol–water partition coefficient (Wildman–Crippen LogP) is 2.83. The van der Waals surface area contributed by atoms with E-state index in [2.05, 4.69) is 0 Å². The minimum absolute atomic E-state index is 0.220. The Morgan fingerprint density at radius 2 is 1.63 bits per heavy atom. The highest BCUT2D eigenvalue weighted by Crippen LogP contribution is 2.13. The fraction of sp³-hybridized carbons (Fsp3) is 0.188. The van der Waals surface area contributed by atoms with Crippen LogP contribution in [0.4, 0.5) is 4.39 Å². The second kappa shape index (κ2) is 6.14. The molecule has 0 saturated carbocycles. The maximum absolute atomic E-state index is 13.1. The Kier molecular flexibility index (Phi) is 4.29. The van der Waals surface area contributed by atoms with Crippen LogP contribution in [0.5, 0.6) is 0 Å². The number of hydrogen-bond donors (Lipinski definition) is 1. The van der Waals surface area contributed by atoms with Gasteiger partial charge >= 0.3 is 0 Å². The lowest BCUT2D eigenvalue weighted by atomic mass is 10.0. The predicted molar refractivity (Wildman–Crippen MR) is 73.2 cm³/mol. The molecule has 0 aromatic heterocycles. The van der Waals surface area contributed by atoms with Gasteiger partial charge in [-0.05, 0) is 41.7 Å². The summed E-state index contributed by atoms with van der Waals surface area (Å²) in [6.07, 6.45) is 1.68. The van der Waals surface area contributed by atoms with Gasteiger partial charge in [0.1, 0.15) is 5.82 Å². The van der Waals surface area contributed by atoms with E-state index in [1.54, 1.807) is 6.07 Å². The van der Waals surface area contributed by atoms with E-state index in [9.17, 15) is 9.18 Å². The molecular formula is C16H16FNO. The first-order valence-corrected chi connectivity index (χ1v) is 6.24. The van der Waals surface area contributed by atoms with Gasteiger partial charge in [0.05, 0.1) is 0 Å². The molecule has 0 bridgehead atoms. The van der Waals surface area contributed by atoms with Crippen molar-refractivity contribution in [3.63, 3.8) is 0 Å².